The molecule has 208 valence electrons. The molecule has 1 fully saturated rings. The molecule has 1 aliphatic carbocycles. The van der Waals surface area contributed by atoms with Crippen molar-refractivity contribution in [3.05, 3.63) is 60.1 Å². The van der Waals surface area contributed by atoms with Gasteiger partial charge in [0.15, 0.2) is 23.0 Å². The van der Waals surface area contributed by atoms with Gasteiger partial charge < -0.3 is 19.9 Å². The van der Waals surface area contributed by atoms with Crippen molar-refractivity contribution >= 4 is 23.1 Å². The van der Waals surface area contributed by atoms with Gasteiger partial charge in [-0.2, -0.15) is 13.2 Å². The van der Waals surface area contributed by atoms with Gasteiger partial charge in [-0.25, -0.2) is 29.4 Å². The Balaban J connectivity index is 1.22. The summed E-state index contributed by atoms with van der Waals surface area (Å²) in [6.07, 6.45) is 3.03. The van der Waals surface area contributed by atoms with Gasteiger partial charge in [-0.05, 0) is 30.5 Å². The number of nitrogens with zero attached hydrogens (tertiary/aromatic N) is 8. The highest BCUT2D eigenvalue weighted by atomic mass is 19.4. The van der Waals surface area contributed by atoms with Gasteiger partial charge in [0.2, 0.25) is 11.8 Å². The molecule has 2 aliphatic rings. The number of carbonyl (C=O) groups is 1. The molecule has 2 N–H and O–H groups in total. The van der Waals surface area contributed by atoms with Crippen molar-refractivity contribution in [3.63, 3.8) is 0 Å². The molecular weight excluding hydrogens is 541 g/mol. The maximum Gasteiger partial charge on any atom is 0.434 e. The molecule has 0 atom stereocenters. The minimum Gasteiger partial charge on any atom is -0.480 e. The van der Waals surface area contributed by atoms with Crippen molar-refractivity contribution in [2.24, 2.45) is 0 Å². The van der Waals surface area contributed by atoms with Crippen molar-refractivity contribution in [2.75, 3.05) is 17.7 Å². The Bertz CT molecular complexity index is 1830. The smallest absolute Gasteiger partial charge is 0.434 e. The fraction of sp³-hybridized carbons (Fsp3) is 0.269. The zero-order chi connectivity index (χ0) is 28.3. The third kappa shape index (κ3) is 4.48. The molecule has 1 aromatic carbocycles. The number of alkyl halides is 3. The number of fused-ring (bicyclic) bond motifs is 4. The Morgan fingerprint density at radius 1 is 1.17 bits per heavy atom. The Labute approximate surface area is 229 Å². The monoisotopic (exact) mass is 562 g/mol. The fourth-order valence-corrected chi connectivity index (χ4v) is 4.88. The summed E-state index contributed by atoms with van der Waals surface area (Å²) in [6, 6.07) is 5.09. The molecule has 0 saturated heterocycles. The van der Waals surface area contributed by atoms with Crippen LogP contribution in [0.5, 0.6) is 5.88 Å². The maximum absolute atomic E-state index is 13.3. The third-order valence-corrected chi connectivity index (χ3v) is 6.92. The van der Waals surface area contributed by atoms with Crippen LogP contribution in [0.15, 0.2) is 43.1 Å². The zero-order valence-corrected chi connectivity index (χ0v) is 21.5. The van der Waals surface area contributed by atoms with Crippen LogP contribution < -0.4 is 15.4 Å². The van der Waals surface area contributed by atoms with Crippen molar-refractivity contribution in [3.8, 4) is 28.7 Å². The number of ether oxygens (including phenoxy) is 1. The van der Waals surface area contributed by atoms with E-state index < -0.39 is 17.8 Å². The lowest BCUT2D eigenvalue weighted by atomic mass is 10.1. The minimum atomic E-state index is -4.62. The summed E-state index contributed by atoms with van der Waals surface area (Å²) < 4.78 is 48.2. The average Bonchev–Trinajstić information content (AvgIpc) is 3.57. The lowest BCUT2D eigenvalue weighted by Crippen LogP contribution is -2.16. The number of methoxy groups -OCH3 is 1. The molecule has 15 heteroatoms. The molecule has 1 saturated carbocycles. The van der Waals surface area contributed by atoms with Gasteiger partial charge in [0.05, 0.1) is 18.5 Å². The third-order valence-electron chi connectivity index (χ3n) is 6.92. The number of benzene rings is 1. The molecule has 12 nitrogen and oxygen atoms in total. The second kappa shape index (κ2) is 9.25. The normalized spacial score (nSPS) is 14.8. The van der Waals surface area contributed by atoms with Gasteiger partial charge in [0.1, 0.15) is 24.3 Å². The first kappa shape index (κ1) is 24.9. The van der Waals surface area contributed by atoms with Crippen LogP contribution in [-0.4, -0.2) is 52.1 Å². The van der Waals surface area contributed by atoms with E-state index in [0.717, 1.165) is 30.3 Å². The van der Waals surface area contributed by atoms with Crippen LogP contribution in [0.4, 0.5) is 24.7 Å². The average molecular weight is 563 g/mol. The van der Waals surface area contributed by atoms with E-state index in [1.807, 2.05) is 0 Å². The quantitative estimate of drug-likeness (QED) is 0.316. The SMILES string of the molecule is COc1ncnc(C2CC2)c1-c1nc(NCc2ccc3c(c2)NC(=O)Cn2cc(C(F)(F)F)nc2-3)c2nccn2n1. The van der Waals surface area contributed by atoms with Crippen molar-refractivity contribution in [1.82, 2.24) is 39.1 Å². The van der Waals surface area contributed by atoms with E-state index in [0.29, 0.717) is 40.0 Å². The Morgan fingerprint density at radius 3 is 2.80 bits per heavy atom. The number of halogens is 3. The van der Waals surface area contributed by atoms with Crippen molar-refractivity contribution in [2.45, 2.75) is 38.0 Å². The van der Waals surface area contributed by atoms with Crippen LogP contribution in [0.2, 0.25) is 0 Å². The van der Waals surface area contributed by atoms with Crippen LogP contribution in [0.1, 0.15) is 35.7 Å². The summed E-state index contributed by atoms with van der Waals surface area (Å²) in [5.74, 6) is 1.09. The number of anilines is 2. The number of nitrogens with one attached hydrogen (secondary N) is 2. The van der Waals surface area contributed by atoms with Crippen molar-refractivity contribution < 1.29 is 22.7 Å². The molecule has 5 heterocycles. The van der Waals surface area contributed by atoms with E-state index in [1.165, 1.54) is 18.0 Å². The van der Waals surface area contributed by atoms with Crippen LogP contribution >= 0.6 is 0 Å². The van der Waals surface area contributed by atoms with Crippen LogP contribution in [0, 0.1) is 0 Å². The van der Waals surface area contributed by atoms with E-state index in [2.05, 4.69) is 35.7 Å². The Hall–Kier alpha value is -5.08. The lowest BCUT2D eigenvalue weighted by Gasteiger charge is -2.14. The molecule has 4 aromatic heterocycles. The number of hydrogen-bond donors (Lipinski definition) is 2. The predicted molar refractivity (Wildman–Crippen MR) is 139 cm³/mol. The van der Waals surface area contributed by atoms with E-state index >= 15 is 0 Å². The molecule has 5 aromatic rings. The van der Waals surface area contributed by atoms with Gasteiger partial charge in [-0.1, -0.05) is 6.07 Å². The fourth-order valence-electron chi connectivity index (χ4n) is 4.88. The van der Waals surface area contributed by atoms with E-state index in [4.69, 9.17) is 9.72 Å². The molecule has 0 spiro atoms. The molecular formula is C26H21F3N10O2. The second-order valence-corrected chi connectivity index (χ2v) is 9.75. The molecule has 1 amide bonds. The summed E-state index contributed by atoms with van der Waals surface area (Å²) in [5.41, 5.74) is 2.38. The molecule has 0 bridgehead atoms. The van der Waals surface area contributed by atoms with Crippen molar-refractivity contribution in [1.29, 1.82) is 0 Å². The van der Waals surface area contributed by atoms with Crippen LogP contribution in [-0.2, 0) is 24.1 Å². The van der Waals surface area contributed by atoms with Gasteiger partial charge >= 0.3 is 6.18 Å². The van der Waals surface area contributed by atoms with E-state index in [9.17, 15) is 18.0 Å². The number of hydrogen-bond acceptors (Lipinski definition) is 9. The lowest BCUT2D eigenvalue weighted by molar-refractivity contribution is -0.141. The van der Waals surface area contributed by atoms with Crippen LogP contribution in [0.25, 0.3) is 28.4 Å². The highest BCUT2D eigenvalue weighted by Crippen LogP contribution is 2.45. The molecule has 41 heavy (non-hydrogen) atoms. The molecule has 1 aliphatic heterocycles. The number of imidazole rings is 2. The van der Waals surface area contributed by atoms with Gasteiger partial charge in [0, 0.05) is 36.6 Å². The highest BCUT2D eigenvalue weighted by Gasteiger charge is 2.36. The standard InChI is InChI=1S/C26H21F3N10O2/c1-41-25-19(20(14-3-4-14)32-12-33-25)21-36-22(24-30-6-7-39(24)37-21)31-9-13-2-5-15-16(8-13)34-18(40)11-38-10-17(26(27,28)29)35-23(15)38/h2,5-8,10,12,14H,3-4,9,11H2,1H3,(H,34,40)(H,31,36,37). The second-order valence-electron chi connectivity index (χ2n) is 9.75. The number of aromatic nitrogens is 8. The summed E-state index contributed by atoms with van der Waals surface area (Å²) in [5, 5.41) is 10.7. The van der Waals surface area contributed by atoms with E-state index in [1.54, 1.807) is 35.1 Å². The highest BCUT2D eigenvalue weighted by molar-refractivity contribution is 5.97. The largest absolute Gasteiger partial charge is 0.480 e. The summed E-state index contributed by atoms with van der Waals surface area (Å²) >= 11 is 0. The molecule has 0 radical (unpaired) electrons. The first-order valence-electron chi connectivity index (χ1n) is 12.7. The van der Waals surface area contributed by atoms with E-state index in [-0.39, 0.29) is 24.8 Å². The summed E-state index contributed by atoms with van der Waals surface area (Å²) in [4.78, 5) is 34.1. The topological polar surface area (TPSA) is 137 Å². The maximum atomic E-state index is 13.3. The first-order chi connectivity index (χ1) is 19.8. The van der Waals surface area contributed by atoms with Gasteiger partial charge in [-0.3, -0.25) is 4.79 Å². The number of carbonyl (C=O) groups excluding carboxylic acids is 1. The summed E-state index contributed by atoms with van der Waals surface area (Å²) in [7, 11) is 1.53. The number of rotatable bonds is 6. The first-order valence-corrected chi connectivity index (χ1v) is 12.7. The Morgan fingerprint density at radius 2 is 2.02 bits per heavy atom. The van der Waals surface area contributed by atoms with Gasteiger partial charge in [0.25, 0.3) is 0 Å². The zero-order valence-electron chi connectivity index (χ0n) is 21.5. The predicted octanol–water partition coefficient (Wildman–Crippen LogP) is 3.91. The summed E-state index contributed by atoms with van der Waals surface area (Å²) in [6.45, 7) is -0.0139. The molecule has 0 unspecified atom stereocenters. The van der Waals surface area contributed by atoms with Gasteiger partial charge in [-0.15, -0.1) is 5.10 Å². The molecule has 7 rings (SSSR count). The van der Waals surface area contributed by atoms with Crippen LogP contribution in [0.3, 0.4) is 0 Å². The minimum absolute atomic E-state index is 0.0650. The number of amides is 1. The Kier molecular flexibility index (Phi) is 5.62.